The van der Waals surface area contributed by atoms with E-state index in [1.807, 2.05) is 23.1 Å². The number of benzene rings is 2. The van der Waals surface area contributed by atoms with Gasteiger partial charge in [-0.3, -0.25) is 4.79 Å². The van der Waals surface area contributed by atoms with E-state index < -0.39 is 0 Å². The van der Waals surface area contributed by atoms with E-state index in [-0.39, 0.29) is 11.7 Å². The van der Waals surface area contributed by atoms with E-state index in [1.54, 1.807) is 23.9 Å². The molecule has 1 amide bonds. The second-order valence-corrected chi connectivity index (χ2v) is 6.14. The fourth-order valence-corrected chi connectivity index (χ4v) is 3.36. The highest BCUT2D eigenvalue weighted by molar-refractivity contribution is 7.99. The number of amides is 1. The van der Waals surface area contributed by atoms with Crippen molar-refractivity contribution in [1.82, 2.24) is 0 Å². The van der Waals surface area contributed by atoms with Gasteiger partial charge in [0.2, 0.25) is 5.91 Å². The number of nitrogens with zero attached hydrogens (tertiary/aromatic N) is 1. The Labute approximate surface area is 128 Å². The van der Waals surface area contributed by atoms with Crippen LogP contribution in [0, 0.1) is 5.82 Å². The average Bonchev–Trinajstić information content (AvgIpc) is 2.93. The summed E-state index contributed by atoms with van der Waals surface area (Å²) in [6.45, 7) is 0.777. The molecule has 0 bridgehead atoms. The minimum absolute atomic E-state index is 0.162. The molecule has 0 saturated carbocycles. The van der Waals surface area contributed by atoms with Crippen LogP contribution < -0.4 is 4.90 Å². The van der Waals surface area contributed by atoms with Gasteiger partial charge in [-0.2, -0.15) is 0 Å². The van der Waals surface area contributed by atoms with Gasteiger partial charge in [0.1, 0.15) is 5.82 Å². The van der Waals surface area contributed by atoms with Crippen molar-refractivity contribution in [2.45, 2.75) is 17.7 Å². The first-order valence-electron chi connectivity index (χ1n) is 7.01. The van der Waals surface area contributed by atoms with Gasteiger partial charge in [-0.1, -0.05) is 18.2 Å². The number of para-hydroxylation sites is 1. The van der Waals surface area contributed by atoms with Gasteiger partial charge in [0, 0.05) is 29.3 Å². The number of carbonyl (C=O) groups is 1. The van der Waals surface area contributed by atoms with E-state index in [1.165, 1.54) is 17.7 Å². The normalized spacial score (nSPS) is 13.3. The zero-order valence-electron chi connectivity index (χ0n) is 11.6. The van der Waals surface area contributed by atoms with Crippen molar-refractivity contribution < 1.29 is 9.18 Å². The molecule has 1 heterocycles. The van der Waals surface area contributed by atoms with Crippen molar-refractivity contribution in [3.05, 3.63) is 59.9 Å². The van der Waals surface area contributed by atoms with Crippen LogP contribution in [0.2, 0.25) is 0 Å². The summed E-state index contributed by atoms with van der Waals surface area (Å²) in [7, 11) is 0. The predicted octanol–water partition coefficient (Wildman–Crippen LogP) is 3.90. The number of hydrogen-bond donors (Lipinski definition) is 0. The van der Waals surface area contributed by atoms with Gasteiger partial charge in [0.25, 0.3) is 0 Å². The number of hydrogen-bond acceptors (Lipinski definition) is 2. The van der Waals surface area contributed by atoms with Crippen molar-refractivity contribution in [2.75, 3.05) is 17.2 Å². The van der Waals surface area contributed by atoms with Crippen molar-refractivity contribution in [2.24, 2.45) is 0 Å². The number of fused-ring (bicyclic) bond motifs is 1. The molecule has 1 aliphatic heterocycles. The van der Waals surface area contributed by atoms with E-state index in [4.69, 9.17) is 0 Å². The quantitative estimate of drug-likeness (QED) is 0.798. The van der Waals surface area contributed by atoms with E-state index in [0.29, 0.717) is 12.2 Å². The third kappa shape index (κ3) is 3.27. The second kappa shape index (κ2) is 6.31. The van der Waals surface area contributed by atoms with Gasteiger partial charge in [0.15, 0.2) is 0 Å². The summed E-state index contributed by atoms with van der Waals surface area (Å²) in [6, 6.07) is 14.4. The molecule has 4 heteroatoms. The molecule has 108 valence electrons. The fourth-order valence-electron chi connectivity index (χ4n) is 2.52. The van der Waals surface area contributed by atoms with Crippen LogP contribution in [0.4, 0.5) is 10.1 Å². The van der Waals surface area contributed by atoms with Crippen molar-refractivity contribution in [1.29, 1.82) is 0 Å². The van der Waals surface area contributed by atoms with Crippen LogP contribution >= 0.6 is 11.8 Å². The summed E-state index contributed by atoms with van der Waals surface area (Å²) in [4.78, 5) is 15.2. The summed E-state index contributed by atoms with van der Waals surface area (Å²) in [6.07, 6.45) is 1.43. The van der Waals surface area contributed by atoms with Crippen molar-refractivity contribution in [3.63, 3.8) is 0 Å². The van der Waals surface area contributed by atoms with E-state index in [9.17, 15) is 9.18 Å². The number of rotatable bonds is 4. The highest BCUT2D eigenvalue weighted by Crippen LogP contribution is 2.28. The Hall–Kier alpha value is -1.81. The molecule has 0 atom stereocenters. The van der Waals surface area contributed by atoms with E-state index in [2.05, 4.69) is 6.07 Å². The van der Waals surface area contributed by atoms with Gasteiger partial charge in [0.05, 0.1) is 0 Å². The Morgan fingerprint density at radius 3 is 2.71 bits per heavy atom. The molecule has 21 heavy (non-hydrogen) atoms. The maximum Gasteiger partial charge on any atom is 0.227 e. The fraction of sp³-hybridized carbons (Fsp3) is 0.235. The van der Waals surface area contributed by atoms with Gasteiger partial charge in [-0.05, 0) is 42.3 Å². The summed E-state index contributed by atoms with van der Waals surface area (Å²) in [5.41, 5.74) is 2.30. The molecule has 2 nitrogen and oxygen atoms in total. The van der Waals surface area contributed by atoms with Crippen molar-refractivity contribution in [3.8, 4) is 0 Å². The first-order chi connectivity index (χ1) is 10.2. The summed E-state index contributed by atoms with van der Waals surface area (Å²) < 4.78 is 12.8. The zero-order valence-corrected chi connectivity index (χ0v) is 12.4. The monoisotopic (exact) mass is 301 g/mol. The van der Waals surface area contributed by atoms with Crippen LogP contribution in [0.1, 0.15) is 12.0 Å². The van der Waals surface area contributed by atoms with Gasteiger partial charge in [-0.25, -0.2) is 4.39 Å². The van der Waals surface area contributed by atoms with Gasteiger partial charge < -0.3 is 4.90 Å². The molecule has 0 aromatic heterocycles. The maximum atomic E-state index is 12.8. The van der Waals surface area contributed by atoms with Crippen LogP contribution in [0.5, 0.6) is 0 Å². The molecule has 0 aliphatic carbocycles. The molecule has 0 fully saturated rings. The van der Waals surface area contributed by atoms with Crippen LogP contribution in [0.25, 0.3) is 0 Å². The predicted molar refractivity (Wildman–Crippen MR) is 84.2 cm³/mol. The molecular formula is C17H16FNOS. The van der Waals surface area contributed by atoms with Gasteiger partial charge in [-0.15, -0.1) is 11.8 Å². The Morgan fingerprint density at radius 2 is 1.90 bits per heavy atom. The average molecular weight is 301 g/mol. The molecule has 3 rings (SSSR count). The lowest BCUT2D eigenvalue weighted by atomic mass is 10.2. The lowest BCUT2D eigenvalue weighted by molar-refractivity contribution is -0.118. The standard InChI is InChI=1S/C17H16FNOS/c18-14-5-7-15(8-6-14)21-12-10-17(20)19-11-9-13-3-1-2-4-16(13)19/h1-8H,9-12H2. The third-order valence-corrected chi connectivity index (χ3v) is 4.60. The Bertz CT molecular complexity index is 641. The molecule has 1 aliphatic rings. The SMILES string of the molecule is O=C(CCSc1ccc(F)cc1)N1CCc2ccccc21. The molecular weight excluding hydrogens is 285 g/mol. The number of thioether (sulfide) groups is 1. The van der Waals surface area contributed by atoms with Gasteiger partial charge >= 0.3 is 0 Å². The molecule has 0 unspecified atom stereocenters. The molecule has 2 aromatic rings. The summed E-state index contributed by atoms with van der Waals surface area (Å²) in [5, 5.41) is 0. The minimum Gasteiger partial charge on any atom is -0.312 e. The maximum absolute atomic E-state index is 12.8. The summed E-state index contributed by atoms with van der Waals surface area (Å²) >= 11 is 1.58. The Balaban J connectivity index is 1.54. The van der Waals surface area contributed by atoms with Crippen LogP contribution in [-0.2, 0) is 11.2 Å². The topological polar surface area (TPSA) is 20.3 Å². The van der Waals surface area contributed by atoms with E-state index in [0.717, 1.165) is 23.5 Å². The van der Waals surface area contributed by atoms with Crippen LogP contribution in [0.15, 0.2) is 53.4 Å². The zero-order chi connectivity index (χ0) is 14.7. The second-order valence-electron chi connectivity index (χ2n) is 4.98. The minimum atomic E-state index is -0.232. The van der Waals surface area contributed by atoms with Crippen LogP contribution in [-0.4, -0.2) is 18.2 Å². The molecule has 0 spiro atoms. The lowest BCUT2D eigenvalue weighted by Crippen LogP contribution is -2.29. The van der Waals surface area contributed by atoms with Crippen LogP contribution in [0.3, 0.4) is 0 Å². The third-order valence-electron chi connectivity index (χ3n) is 3.59. The summed E-state index contributed by atoms with van der Waals surface area (Å²) in [5.74, 6) is 0.641. The smallest absolute Gasteiger partial charge is 0.227 e. The molecule has 2 aromatic carbocycles. The number of anilines is 1. The molecule has 0 saturated heterocycles. The largest absolute Gasteiger partial charge is 0.312 e. The number of halogens is 1. The van der Waals surface area contributed by atoms with Crippen molar-refractivity contribution >= 4 is 23.4 Å². The Kier molecular flexibility index (Phi) is 4.25. The van der Waals surface area contributed by atoms with E-state index >= 15 is 0 Å². The number of carbonyl (C=O) groups excluding carboxylic acids is 1. The first kappa shape index (κ1) is 14.1. The highest BCUT2D eigenvalue weighted by Gasteiger charge is 2.23. The first-order valence-corrected chi connectivity index (χ1v) is 7.99. The molecule has 0 N–H and O–H groups in total. The molecule has 0 radical (unpaired) electrons. The highest BCUT2D eigenvalue weighted by atomic mass is 32.2. The Morgan fingerprint density at radius 1 is 1.14 bits per heavy atom. The lowest BCUT2D eigenvalue weighted by Gasteiger charge is -2.17.